The minimum Gasteiger partial charge on any atom is -0.289 e. The van der Waals surface area contributed by atoms with Gasteiger partial charge in [0, 0.05) is 18.0 Å². The predicted molar refractivity (Wildman–Crippen MR) is 52.5 cm³/mol. The third-order valence-electron chi connectivity index (χ3n) is 3.67. The first-order valence-electron chi connectivity index (χ1n) is 5.71. The van der Waals surface area contributed by atoms with Crippen molar-refractivity contribution in [3.05, 3.63) is 0 Å². The van der Waals surface area contributed by atoms with E-state index in [1.807, 2.05) is 0 Å². The van der Waals surface area contributed by atoms with Crippen LogP contribution in [-0.4, -0.2) is 29.7 Å². The Balaban J connectivity index is 2.07. The Morgan fingerprint density at radius 3 is 2.19 bits per heavy atom. The van der Waals surface area contributed by atoms with Gasteiger partial charge in [0.2, 0.25) is 0 Å². The van der Waals surface area contributed by atoms with Gasteiger partial charge in [0.25, 0.3) is 0 Å². The summed E-state index contributed by atoms with van der Waals surface area (Å²) in [6, 6.07) is 2.15. The maximum absolute atomic E-state index is 12.4. The summed E-state index contributed by atoms with van der Waals surface area (Å²) in [4.78, 5) is 1.58. The first-order chi connectivity index (χ1) is 7.49. The summed E-state index contributed by atoms with van der Waals surface area (Å²) in [6.07, 6.45) is -0.267. The van der Waals surface area contributed by atoms with Crippen molar-refractivity contribution in [1.29, 1.82) is 5.26 Å². The van der Waals surface area contributed by atoms with Crippen LogP contribution in [0.1, 0.15) is 32.1 Å². The molecule has 0 amide bonds. The second-order valence-electron chi connectivity index (χ2n) is 4.82. The van der Waals surface area contributed by atoms with E-state index in [9.17, 15) is 13.2 Å². The zero-order valence-electron chi connectivity index (χ0n) is 9.00. The van der Waals surface area contributed by atoms with E-state index in [4.69, 9.17) is 5.26 Å². The average Bonchev–Trinajstić information content (AvgIpc) is 2.14. The fraction of sp³-hybridized carbons (Fsp3) is 0.909. The van der Waals surface area contributed by atoms with Gasteiger partial charge in [-0.25, -0.2) is 0 Å². The van der Waals surface area contributed by atoms with Crippen molar-refractivity contribution in [2.75, 3.05) is 6.54 Å². The molecule has 3 atom stereocenters. The molecule has 0 N–H and O–H groups in total. The van der Waals surface area contributed by atoms with Gasteiger partial charge in [-0.15, -0.1) is 0 Å². The maximum Gasteiger partial charge on any atom is 0.401 e. The molecule has 2 rings (SSSR count). The number of halogens is 3. The molecule has 0 aromatic heterocycles. The molecule has 0 unspecified atom stereocenters. The SMILES string of the molecule is N#C[C@@H]1C[C@H]2CCC[C@@H](C1)N2CC(F)(F)F. The predicted octanol–water partition coefficient (Wildman–Crippen LogP) is 2.71. The van der Waals surface area contributed by atoms with Crippen LogP contribution in [0.3, 0.4) is 0 Å². The topological polar surface area (TPSA) is 27.0 Å². The highest BCUT2D eigenvalue weighted by atomic mass is 19.4. The Morgan fingerprint density at radius 1 is 1.19 bits per heavy atom. The van der Waals surface area contributed by atoms with Crippen LogP contribution in [-0.2, 0) is 0 Å². The molecule has 0 saturated carbocycles. The molecule has 90 valence electrons. The van der Waals surface area contributed by atoms with Crippen molar-refractivity contribution in [3.8, 4) is 6.07 Å². The fourth-order valence-electron chi connectivity index (χ4n) is 3.05. The van der Waals surface area contributed by atoms with Gasteiger partial charge >= 0.3 is 6.18 Å². The molecule has 0 spiro atoms. The molecular formula is C11H15F3N2. The molecule has 5 heteroatoms. The van der Waals surface area contributed by atoms with E-state index in [0.29, 0.717) is 12.8 Å². The zero-order chi connectivity index (χ0) is 11.8. The van der Waals surface area contributed by atoms with Crippen molar-refractivity contribution >= 4 is 0 Å². The molecule has 2 saturated heterocycles. The van der Waals surface area contributed by atoms with Crippen LogP contribution < -0.4 is 0 Å². The minimum absolute atomic E-state index is 0.0289. The van der Waals surface area contributed by atoms with Gasteiger partial charge in [0.1, 0.15) is 0 Å². The largest absolute Gasteiger partial charge is 0.401 e. The molecule has 2 aliphatic rings. The summed E-state index contributed by atoms with van der Waals surface area (Å²) in [5.74, 6) is -0.0419. The van der Waals surface area contributed by atoms with E-state index in [0.717, 1.165) is 19.3 Å². The van der Waals surface area contributed by atoms with E-state index in [2.05, 4.69) is 6.07 Å². The summed E-state index contributed by atoms with van der Waals surface area (Å²) < 4.78 is 37.3. The molecule has 0 aromatic rings. The van der Waals surface area contributed by atoms with Crippen molar-refractivity contribution < 1.29 is 13.2 Å². The maximum atomic E-state index is 12.4. The first-order valence-corrected chi connectivity index (χ1v) is 5.71. The number of rotatable bonds is 1. The lowest BCUT2D eigenvalue weighted by molar-refractivity contribution is -0.166. The highest BCUT2D eigenvalue weighted by molar-refractivity contribution is 4.99. The van der Waals surface area contributed by atoms with E-state index in [-0.39, 0.29) is 18.0 Å². The van der Waals surface area contributed by atoms with E-state index in [1.165, 1.54) is 0 Å². The fourth-order valence-corrected chi connectivity index (χ4v) is 3.05. The van der Waals surface area contributed by atoms with Gasteiger partial charge in [0.05, 0.1) is 12.6 Å². The number of hydrogen-bond donors (Lipinski definition) is 0. The van der Waals surface area contributed by atoms with E-state index < -0.39 is 12.7 Å². The molecule has 2 heterocycles. The lowest BCUT2D eigenvalue weighted by atomic mass is 9.79. The van der Waals surface area contributed by atoms with Crippen LogP contribution in [0.2, 0.25) is 0 Å². The van der Waals surface area contributed by atoms with Gasteiger partial charge in [0.15, 0.2) is 0 Å². The van der Waals surface area contributed by atoms with Gasteiger partial charge in [-0.1, -0.05) is 6.42 Å². The smallest absolute Gasteiger partial charge is 0.289 e. The number of hydrogen-bond acceptors (Lipinski definition) is 2. The van der Waals surface area contributed by atoms with Crippen LogP contribution in [0, 0.1) is 17.2 Å². The number of nitriles is 1. The van der Waals surface area contributed by atoms with Crippen LogP contribution in [0.5, 0.6) is 0 Å². The minimum atomic E-state index is -4.12. The van der Waals surface area contributed by atoms with Crippen molar-refractivity contribution in [2.24, 2.45) is 5.92 Å². The van der Waals surface area contributed by atoms with Gasteiger partial charge in [-0.05, 0) is 25.7 Å². The first kappa shape index (κ1) is 11.7. The lowest BCUT2D eigenvalue weighted by Gasteiger charge is -2.47. The molecule has 16 heavy (non-hydrogen) atoms. The summed E-state index contributed by atoms with van der Waals surface area (Å²) >= 11 is 0. The third-order valence-corrected chi connectivity index (χ3v) is 3.67. The Morgan fingerprint density at radius 2 is 1.75 bits per heavy atom. The van der Waals surface area contributed by atoms with Crippen molar-refractivity contribution in [3.63, 3.8) is 0 Å². The summed E-state index contributed by atoms with van der Waals surface area (Å²) in [7, 11) is 0. The number of piperidine rings is 2. The summed E-state index contributed by atoms with van der Waals surface area (Å²) in [5, 5.41) is 8.87. The van der Waals surface area contributed by atoms with Crippen LogP contribution >= 0.6 is 0 Å². The highest BCUT2D eigenvalue weighted by Gasteiger charge is 2.43. The molecular weight excluding hydrogens is 217 g/mol. The van der Waals surface area contributed by atoms with Crippen molar-refractivity contribution in [1.82, 2.24) is 4.90 Å². The summed E-state index contributed by atoms with van der Waals surface area (Å²) in [5.41, 5.74) is 0. The third kappa shape index (κ3) is 2.49. The molecule has 0 aliphatic carbocycles. The van der Waals surface area contributed by atoms with Crippen LogP contribution in [0.15, 0.2) is 0 Å². The van der Waals surface area contributed by atoms with E-state index in [1.54, 1.807) is 4.90 Å². The van der Waals surface area contributed by atoms with E-state index >= 15 is 0 Å². The lowest BCUT2D eigenvalue weighted by Crippen LogP contribution is -2.54. The second-order valence-corrected chi connectivity index (χ2v) is 4.82. The molecule has 2 fully saturated rings. The Labute approximate surface area is 93.0 Å². The average molecular weight is 232 g/mol. The highest BCUT2D eigenvalue weighted by Crippen LogP contribution is 2.38. The zero-order valence-corrected chi connectivity index (χ0v) is 9.00. The standard InChI is InChI=1S/C11H15F3N2/c12-11(13,14)7-16-9-2-1-3-10(16)5-8(4-9)6-15/h8-10H,1-5,7H2/t8-,9-,10+. The van der Waals surface area contributed by atoms with Crippen molar-refractivity contribution in [2.45, 2.75) is 50.4 Å². The number of alkyl halides is 3. The van der Waals surface area contributed by atoms with Gasteiger partial charge in [-0.2, -0.15) is 18.4 Å². The number of nitrogens with zero attached hydrogens (tertiary/aromatic N) is 2. The van der Waals surface area contributed by atoms with Gasteiger partial charge in [-0.3, -0.25) is 4.90 Å². The second kappa shape index (κ2) is 4.25. The Bertz CT molecular complexity index is 281. The molecule has 2 aliphatic heterocycles. The number of fused-ring (bicyclic) bond motifs is 2. The molecule has 2 bridgehead atoms. The monoisotopic (exact) mass is 232 g/mol. The summed E-state index contributed by atoms with van der Waals surface area (Å²) in [6.45, 7) is -0.805. The van der Waals surface area contributed by atoms with Gasteiger partial charge < -0.3 is 0 Å². The molecule has 0 radical (unpaired) electrons. The molecule has 2 nitrogen and oxygen atoms in total. The normalized spacial score (nSPS) is 35.8. The Kier molecular flexibility index (Phi) is 3.11. The quantitative estimate of drug-likeness (QED) is 0.695. The Hall–Kier alpha value is -0.760. The van der Waals surface area contributed by atoms with Crippen LogP contribution in [0.4, 0.5) is 13.2 Å². The van der Waals surface area contributed by atoms with Crippen LogP contribution in [0.25, 0.3) is 0 Å². The molecule has 0 aromatic carbocycles.